The van der Waals surface area contributed by atoms with Gasteiger partial charge in [-0.3, -0.25) is 4.79 Å². The highest BCUT2D eigenvalue weighted by Crippen LogP contribution is 2.25. The van der Waals surface area contributed by atoms with Crippen LogP contribution in [-0.4, -0.2) is 55.7 Å². The number of benzene rings is 1. The van der Waals surface area contributed by atoms with Crippen molar-refractivity contribution >= 4 is 27.6 Å². The average molecular weight is 398 g/mol. The Hall–Kier alpha value is -2.13. The molecule has 1 fully saturated rings. The van der Waals surface area contributed by atoms with Crippen molar-refractivity contribution in [1.82, 2.24) is 4.31 Å². The summed E-state index contributed by atoms with van der Waals surface area (Å²) < 4.78 is 30.9. The predicted octanol–water partition coefficient (Wildman–Crippen LogP) is 2.17. The second-order valence-corrected chi connectivity index (χ2v) is 8.64. The van der Waals surface area contributed by atoms with Crippen LogP contribution in [0.25, 0.3) is 0 Å². The van der Waals surface area contributed by atoms with Crippen LogP contribution in [-0.2, 0) is 14.8 Å². The lowest BCUT2D eigenvalue weighted by molar-refractivity contribution is -0.120. The minimum atomic E-state index is -3.27. The first-order valence-corrected chi connectivity index (χ1v) is 10.6. The zero-order valence-electron chi connectivity index (χ0n) is 15.6. The number of carboxylic acid groups (broad SMARTS) is 1. The molecule has 27 heavy (non-hydrogen) atoms. The summed E-state index contributed by atoms with van der Waals surface area (Å²) in [6.45, 7) is 2.55. The van der Waals surface area contributed by atoms with E-state index in [9.17, 15) is 23.1 Å². The Morgan fingerprint density at radius 2 is 1.96 bits per heavy atom. The maximum Gasteiger partial charge on any atom is 0.337 e. The third kappa shape index (κ3) is 5.43. The van der Waals surface area contributed by atoms with E-state index in [4.69, 9.17) is 4.74 Å². The van der Waals surface area contributed by atoms with E-state index in [2.05, 4.69) is 5.32 Å². The predicted molar refractivity (Wildman–Crippen MR) is 102 cm³/mol. The number of hydrogen-bond acceptors (Lipinski definition) is 5. The van der Waals surface area contributed by atoms with E-state index in [0.29, 0.717) is 38.1 Å². The van der Waals surface area contributed by atoms with Crippen LogP contribution < -0.4 is 10.1 Å². The zero-order chi connectivity index (χ0) is 20.0. The molecule has 9 heteroatoms. The highest BCUT2D eigenvalue weighted by atomic mass is 32.2. The van der Waals surface area contributed by atoms with E-state index in [1.165, 1.54) is 23.5 Å². The molecule has 0 radical (unpaired) electrons. The van der Waals surface area contributed by atoms with Gasteiger partial charge in [-0.05, 0) is 37.5 Å². The quantitative estimate of drug-likeness (QED) is 0.694. The molecule has 2 rings (SSSR count). The summed E-state index contributed by atoms with van der Waals surface area (Å²) in [6.07, 6.45) is 2.26. The Kier molecular flexibility index (Phi) is 7.20. The van der Waals surface area contributed by atoms with Crippen LogP contribution in [0.3, 0.4) is 0 Å². The third-order valence-corrected chi connectivity index (χ3v) is 6.65. The molecule has 2 N–H and O–H groups in total. The normalized spacial score (nSPS) is 16.1. The van der Waals surface area contributed by atoms with E-state index in [-0.39, 0.29) is 28.8 Å². The SMILES string of the molecule is CCCCS(=O)(=O)N1CCC(C(=O)Nc2ccc(OC)cc2C(=O)O)CC1. The number of carboxylic acids is 1. The molecule has 1 aromatic carbocycles. The Morgan fingerprint density at radius 1 is 1.30 bits per heavy atom. The monoisotopic (exact) mass is 398 g/mol. The van der Waals surface area contributed by atoms with Crippen molar-refractivity contribution in [3.8, 4) is 5.75 Å². The summed E-state index contributed by atoms with van der Waals surface area (Å²) in [5.41, 5.74) is 0.147. The molecule has 1 aliphatic heterocycles. The molecule has 0 unspecified atom stereocenters. The first-order valence-electron chi connectivity index (χ1n) is 8.98. The molecule has 1 heterocycles. The second-order valence-electron chi connectivity index (χ2n) is 6.55. The number of unbranched alkanes of at least 4 members (excludes halogenated alkanes) is 1. The topological polar surface area (TPSA) is 113 Å². The van der Waals surface area contributed by atoms with Gasteiger partial charge in [-0.1, -0.05) is 13.3 Å². The Labute approximate surface area is 159 Å². The second kappa shape index (κ2) is 9.18. The minimum Gasteiger partial charge on any atom is -0.497 e. The number of piperidine rings is 1. The summed E-state index contributed by atoms with van der Waals surface area (Å²) in [5.74, 6) is -1.30. The average Bonchev–Trinajstić information content (AvgIpc) is 2.66. The highest BCUT2D eigenvalue weighted by molar-refractivity contribution is 7.89. The minimum absolute atomic E-state index is 0.0534. The van der Waals surface area contributed by atoms with Gasteiger partial charge in [0.1, 0.15) is 5.75 Å². The number of amides is 1. The first kappa shape index (κ1) is 21.2. The van der Waals surface area contributed by atoms with E-state index in [1.54, 1.807) is 6.07 Å². The van der Waals surface area contributed by atoms with Crippen molar-refractivity contribution in [2.75, 3.05) is 31.3 Å². The number of nitrogens with one attached hydrogen (secondary N) is 1. The van der Waals surface area contributed by atoms with Gasteiger partial charge < -0.3 is 15.2 Å². The molecule has 1 amide bonds. The van der Waals surface area contributed by atoms with Crippen molar-refractivity contribution in [3.63, 3.8) is 0 Å². The molecule has 8 nitrogen and oxygen atoms in total. The van der Waals surface area contributed by atoms with Crippen molar-refractivity contribution in [2.24, 2.45) is 5.92 Å². The molecule has 0 aliphatic carbocycles. The van der Waals surface area contributed by atoms with Gasteiger partial charge in [0.2, 0.25) is 15.9 Å². The summed E-state index contributed by atoms with van der Waals surface area (Å²) in [6, 6.07) is 4.41. The number of hydrogen-bond donors (Lipinski definition) is 2. The number of rotatable bonds is 8. The summed E-state index contributed by atoms with van der Waals surface area (Å²) in [7, 11) is -1.84. The molecule has 1 saturated heterocycles. The fourth-order valence-electron chi connectivity index (χ4n) is 3.02. The van der Waals surface area contributed by atoms with Crippen molar-refractivity contribution in [2.45, 2.75) is 32.6 Å². The lowest BCUT2D eigenvalue weighted by Gasteiger charge is -2.30. The summed E-state index contributed by atoms with van der Waals surface area (Å²) in [4.78, 5) is 23.9. The Bertz CT molecular complexity index is 785. The van der Waals surface area contributed by atoms with Crippen LogP contribution in [0.5, 0.6) is 5.75 Å². The number of nitrogens with zero attached hydrogens (tertiary/aromatic N) is 1. The van der Waals surface area contributed by atoms with Gasteiger partial charge >= 0.3 is 5.97 Å². The highest BCUT2D eigenvalue weighted by Gasteiger charge is 2.31. The number of carbonyl (C=O) groups excluding carboxylic acids is 1. The molecule has 0 aromatic heterocycles. The van der Waals surface area contributed by atoms with Gasteiger partial charge in [-0.15, -0.1) is 0 Å². The van der Waals surface area contributed by atoms with E-state index < -0.39 is 16.0 Å². The number of methoxy groups -OCH3 is 1. The standard InChI is InChI=1S/C18H26N2O6S/c1-3-4-11-27(24,25)20-9-7-13(8-10-20)17(21)19-16-6-5-14(26-2)12-15(16)18(22)23/h5-6,12-13H,3-4,7-11H2,1-2H3,(H,19,21)(H,22,23). The molecular weight excluding hydrogens is 372 g/mol. The molecule has 1 aromatic rings. The molecule has 0 atom stereocenters. The van der Waals surface area contributed by atoms with Gasteiger partial charge in [0, 0.05) is 19.0 Å². The van der Waals surface area contributed by atoms with E-state index in [1.807, 2.05) is 6.92 Å². The molecule has 1 aliphatic rings. The Balaban J connectivity index is 2.00. The number of aromatic carboxylic acids is 1. The summed E-state index contributed by atoms with van der Waals surface area (Å²) in [5, 5.41) is 12.0. The maximum atomic E-state index is 12.5. The summed E-state index contributed by atoms with van der Waals surface area (Å²) >= 11 is 0. The van der Waals surface area contributed by atoms with Gasteiger partial charge in [0.25, 0.3) is 0 Å². The largest absolute Gasteiger partial charge is 0.497 e. The van der Waals surface area contributed by atoms with Crippen LogP contribution in [0.4, 0.5) is 5.69 Å². The van der Waals surface area contributed by atoms with Crippen LogP contribution in [0, 0.1) is 5.92 Å². The first-order chi connectivity index (χ1) is 12.8. The molecule has 0 bridgehead atoms. The van der Waals surface area contributed by atoms with Gasteiger partial charge in [-0.2, -0.15) is 0 Å². The van der Waals surface area contributed by atoms with E-state index in [0.717, 1.165) is 6.42 Å². The van der Waals surface area contributed by atoms with Crippen LogP contribution >= 0.6 is 0 Å². The van der Waals surface area contributed by atoms with Crippen molar-refractivity contribution < 1.29 is 27.9 Å². The van der Waals surface area contributed by atoms with Crippen molar-refractivity contribution in [3.05, 3.63) is 23.8 Å². The lowest BCUT2D eigenvalue weighted by Crippen LogP contribution is -2.42. The van der Waals surface area contributed by atoms with Crippen LogP contribution in [0.15, 0.2) is 18.2 Å². The fraction of sp³-hybridized carbons (Fsp3) is 0.556. The molecule has 150 valence electrons. The van der Waals surface area contributed by atoms with Crippen LogP contribution in [0.2, 0.25) is 0 Å². The molecule has 0 saturated carbocycles. The van der Waals surface area contributed by atoms with Crippen molar-refractivity contribution in [1.29, 1.82) is 0 Å². The molecule has 0 spiro atoms. The number of anilines is 1. The fourth-order valence-corrected chi connectivity index (χ4v) is 4.70. The van der Waals surface area contributed by atoms with Gasteiger partial charge in [0.15, 0.2) is 0 Å². The van der Waals surface area contributed by atoms with Crippen LogP contribution in [0.1, 0.15) is 43.0 Å². The maximum absolute atomic E-state index is 12.5. The third-order valence-electron chi connectivity index (χ3n) is 4.69. The number of sulfonamides is 1. The Morgan fingerprint density at radius 3 is 2.52 bits per heavy atom. The zero-order valence-corrected chi connectivity index (χ0v) is 16.4. The number of ether oxygens (including phenoxy) is 1. The van der Waals surface area contributed by atoms with Gasteiger partial charge in [0.05, 0.1) is 24.1 Å². The van der Waals surface area contributed by atoms with Gasteiger partial charge in [-0.25, -0.2) is 17.5 Å². The smallest absolute Gasteiger partial charge is 0.337 e. The number of carbonyl (C=O) groups is 2. The van der Waals surface area contributed by atoms with E-state index >= 15 is 0 Å². The lowest BCUT2D eigenvalue weighted by atomic mass is 9.97. The molecular formula is C18H26N2O6S.